The van der Waals surface area contributed by atoms with Gasteiger partial charge in [0.1, 0.15) is 24.2 Å². The Morgan fingerprint density at radius 2 is 1.38 bits per heavy atom. The monoisotopic (exact) mass is 773 g/mol. The molecule has 8 nitrogen and oxygen atoms in total. The van der Waals surface area contributed by atoms with E-state index in [2.05, 4.69) is 33.0 Å². The van der Waals surface area contributed by atoms with Gasteiger partial charge in [-0.15, -0.1) is 0 Å². The molecule has 298 valence electrons. The quantitative estimate of drug-likeness (QED) is 0.0906. The maximum absolute atomic E-state index is 14.3. The molecular formula is C43H69ClN3O5P. The van der Waals surface area contributed by atoms with E-state index in [4.69, 9.17) is 23.6 Å². The van der Waals surface area contributed by atoms with Crippen LogP contribution in [0, 0.1) is 0 Å². The van der Waals surface area contributed by atoms with Gasteiger partial charge in [0.25, 0.3) is 5.91 Å². The number of halogens is 1. The Balaban J connectivity index is 0.00000972. The van der Waals surface area contributed by atoms with Crippen LogP contribution in [-0.2, 0) is 38.4 Å². The number of oxazole rings is 1. The Morgan fingerprint density at radius 1 is 0.849 bits per heavy atom. The lowest BCUT2D eigenvalue weighted by atomic mass is 10.0. The van der Waals surface area contributed by atoms with Crippen LogP contribution in [0.2, 0.25) is 0 Å². The van der Waals surface area contributed by atoms with E-state index >= 15 is 0 Å². The van der Waals surface area contributed by atoms with E-state index in [0.717, 1.165) is 28.9 Å². The van der Waals surface area contributed by atoms with Crippen LogP contribution in [-0.4, -0.2) is 86.4 Å². The lowest BCUT2D eigenvalue weighted by Crippen LogP contribution is -3.00. The van der Waals surface area contributed by atoms with E-state index in [1.807, 2.05) is 92.8 Å². The van der Waals surface area contributed by atoms with Gasteiger partial charge in [-0.05, 0) is 57.8 Å². The Labute approximate surface area is 328 Å². The van der Waals surface area contributed by atoms with Crippen LogP contribution < -0.4 is 17.7 Å². The fourth-order valence-electron chi connectivity index (χ4n) is 6.99. The summed E-state index contributed by atoms with van der Waals surface area (Å²) >= 11 is 0. The van der Waals surface area contributed by atoms with Crippen molar-refractivity contribution in [2.75, 3.05) is 46.3 Å². The number of amides is 1. The van der Waals surface area contributed by atoms with E-state index < -0.39 is 19.5 Å². The van der Waals surface area contributed by atoms with Crippen molar-refractivity contribution in [1.29, 1.82) is 0 Å². The topological polar surface area (TPSA) is 86.1 Å². The van der Waals surface area contributed by atoms with Crippen LogP contribution in [0.1, 0.15) is 108 Å². The van der Waals surface area contributed by atoms with Crippen molar-refractivity contribution < 1.29 is 35.8 Å². The highest BCUT2D eigenvalue weighted by Gasteiger charge is 2.39. The normalized spacial score (nSPS) is 14.7. The number of unbranched alkanes of at least 4 members (excludes halogenated alkanes) is 3. The van der Waals surface area contributed by atoms with Gasteiger partial charge in [0, 0.05) is 26.3 Å². The largest absolute Gasteiger partial charge is 1.00 e. The molecule has 0 fully saturated rings. The second kappa shape index (κ2) is 25.7. The maximum Gasteiger partial charge on any atom is 0.252 e. The van der Waals surface area contributed by atoms with Gasteiger partial charge in [0.15, 0.2) is 12.0 Å². The average molecular weight is 774 g/mol. The Kier molecular flexibility index (Phi) is 22.7. The molecule has 1 heterocycles. The second-order valence-corrected chi connectivity index (χ2v) is 19.3. The molecule has 0 saturated carbocycles. The van der Waals surface area contributed by atoms with Gasteiger partial charge in [-0.1, -0.05) is 108 Å². The third kappa shape index (κ3) is 16.1. The van der Waals surface area contributed by atoms with Gasteiger partial charge in [-0.3, -0.25) is 4.79 Å². The Morgan fingerprint density at radius 3 is 1.87 bits per heavy atom. The number of hydrogen-bond donors (Lipinski definition) is 1. The van der Waals surface area contributed by atoms with Crippen LogP contribution >= 0.6 is 7.26 Å². The SMILES string of the molecule is CCCC[P+](CCCC)(CCCC)Cc1coc([C@@H](C)C[C@@H](C)NC(=O)[C@@H](OCc2ccccc2)[C@@H](OCc2ccccc2)[C@H](COC)N(C)C)n1.[Cl-]. The van der Waals surface area contributed by atoms with Gasteiger partial charge >= 0.3 is 0 Å². The van der Waals surface area contributed by atoms with Gasteiger partial charge < -0.3 is 41.3 Å². The third-order valence-electron chi connectivity index (χ3n) is 10.0. The first-order valence-corrected chi connectivity index (χ1v) is 22.2. The number of benzene rings is 2. The summed E-state index contributed by atoms with van der Waals surface area (Å²) in [6.07, 6.45) is 13.9. The van der Waals surface area contributed by atoms with Crippen molar-refractivity contribution in [2.45, 2.75) is 129 Å². The number of carbonyl (C=O) groups excluding carboxylic acids is 1. The van der Waals surface area contributed by atoms with Crippen molar-refractivity contribution in [1.82, 2.24) is 15.2 Å². The Hall–Kier alpha value is -2.32. The number of aromatic nitrogens is 1. The zero-order valence-corrected chi connectivity index (χ0v) is 35.5. The van der Waals surface area contributed by atoms with E-state index in [1.165, 1.54) is 57.0 Å². The molecule has 0 bridgehead atoms. The van der Waals surface area contributed by atoms with Crippen LogP contribution in [0.5, 0.6) is 0 Å². The van der Waals surface area contributed by atoms with Crippen molar-refractivity contribution in [3.05, 3.63) is 89.6 Å². The lowest BCUT2D eigenvalue weighted by Gasteiger charge is -2.36. The molecule has 53 heavy (non-hydrogen) atoms. The minimum absolute atomic E-state index is 0. The molecule has 1 amide bonds. The standard InChI is InChI=1S/C43H68N3O5P.ClH/c1-9-12-25-52(26-13-10-2,27-14-11-3)33-38-31-51-43(45-38)34(4)28-35(5)44-42(47)41(50-30-37-23-19-16-20-24-37)40(39(32-48-8)46(6)7)49-29-36-21-17-15-18-22-36;/h15-24,31,34-35,39-41H,9-14,25-30,32-33H2,1-8H3;1H/t34-,35+,39-,40-,41-;/m0./s1. The van der Waals surface area contributed by atoms with Crippen molar-refractivity contribution in [3.63, 3.8) is 0 Å². The van der Waals surface area contributed by atoms with Gasteiger partial charge in [-0.25, -0.2) is 4.98 Å². The maximum atomic E-state index is 14.3. The number of carbonyl (C=O) groups is 1. The zero-order chi connectivity index (χ0) is 37.8. The molecule has 0 aliphatic rings. The first-order chi connectivity index (χ1) is 25.1. The molecule has 0 unspecified atom stereocenters. The molecule has 10 heteroatoms. The van der Waals surface area contributed by atoms with E-state index in [-0.39, 0.29) is 42.9 Å². The summed E-state index contributed by atoms with van der Waals surface area (Å²) in [4.78, 5) is 21.4. The predicted octanol–water partition coefficient (Wildman–Crippen LogP) is 6.34. The van der Waals surface area contributed by atoms with Crippen molar-refractivity contribution in [3.8, 4) is 0 Å². The Bertz CT molecular complexity index is 1360. The highest BCUT2D eigenvalue weighted by atomic mass is 35.5. The molecule has 0 aliphatic heterocycles. The summed E-state index contributed by atoms with van der Waals surface area (Å²) in [5.41, 5.74) is 3.12. The van der Waals surface area contributed by atoms with Crippen LogP contribution in [0.3, 0.4) is 0 Å². The van der Waals surface area contributed by atoms with E-state index in [0.29, 0.717) is 19.6 Å². The number of ether oxygens (including phenoxy) is 3. The fourth-order valence-corrected chi connectivity index (χ4v) is 11.9. The number of likely N-dealkylation sites (N-methyl/N-ethyl adjacent to an activating group) is 1. The van der Waals surface area contributed by atoms with Crippen LogP contribution in [0.15, 0.2) is 71.3 Å². The molecule has 0 aliphatic carbocycles. The summed E-state index contributed by atoms with van der Waals surface area (Å²) in [6, 6.07) is 19.6. The van der Waals surface area contributed by atoms with E-state index in [9.17, 15) is 4.79 Å². The molecule has 3 rings (SSSR count). The molecular weight excluding hydrogens is 705 g/mol. The number of hydrogen-bond acceptors (Lipinski definition) is 7. The van der Waals surface area contributed by atoms with Crippen molar-refractivity contribution >= 4 is 13.2 Å². The number of nitrogens with one attached hydrogen (secondary N) is 1. The zero-order valence-electron chi connectivity index (χ0n) is 33.9. The highest BCUT2D eigenvalue weighted by Crippen LogP contribution is 2.63. The summed E-state index contributed by atoms with van der Waals surface area (Å²) < 4.78 is 24.9. The second-order valence-electron chi connectivity index (χ2n) is 14.9. The fraction of sp³-hybridized carbons (Fsp3) is 0.628. The summed E-state index contributed by atoms with van der Waals surface area (Å²) in [7, 11) is 4.49. The number of rotatable bonds is 27. The average Bonchev–Trinajstić information content (AvgIpc) is 3.61. The minimum Gasteiger partial charge on any atom is -1.00 e. The minimum atomic E-state index is -1.14. The van der Waals surface area contributed by atoms with Crippen LogP contribution in [0.25, 0.3) is 0 Å². The summed E-state index contributed by atoms with van der Waals surface area (Å²) in [5.74, 6) is 0.585. The molecule has 0 radical (unpaired) electrons. The first kappa shape index (κ1) is 46.8. The summed E-state index contributed by atoms with van der Waals surface area (Å²) in [5, 5.41) is 3.28. The molecule has 5 atom stereocenters. The number of nitrogens with zero attached hydrogens (tertiary/aromatic N) is 2. The molecule has 1 aromatic heterocycles. The lowest BCUT2D eigenvalue weighted by molar-refractivity contribution is -0.157. The third-order valence-corrected chi connectivity index (χ3v) is 14.8. The molecule has 0 spiro atoms. The van der Waals surface area contributed by atoms with Crippen molar-refractivity contribution in [2.24, 2.45) is 0 Å². The molecule has 3 aromatic rings. The summed E-state index contributed by atoms with van der Waals surface area (Å²) in [6.45, 7) is 12.1. The molecule has 2 aromatic carbocycles. The van der Waals surface area contributed by atoms with Gasteiger partial charge in [0.2, 0.25) is 0 Å². The van der Waals surface area contributed by atoms with Crippen LogP contribution in [0.4, 0.5) is 0 Å². The first-order valence-electron chi connectivity index (χ1n) is 19.7. The smallest absolute Gasteiger partial charge is 0.252 e. The van der Waals surface area contributed by atoms with E-state index in [1.54, 1.807) is 7.11 Å². The molecule has 1 N–H and O–H groups in total. The predicted molar refractivity (Wildman–Crippen MR) is 216 cm³/mol. The highest BCUT2D eigenvalue weighted by molar-refractivity contribution is 7.75. The van der Waals surface area contributed by atoms with Gasteiger partial charge in [-0.2, -0.15) is 0 Å². The molecule has 0 saturated heterocycles. The number of methoxy groups -OCH3 is 1. The van der Waals surface area contributed by atoms with Gasteiger partial charge in [0.05, 0.1) is 44.3 Å².